The van der Waals surface area contributed by atoms with E-state index < -0.39 is 11.5 Å². The average molecular weight is 716 g/mol. The minimum absolute atomic E-state index is 0.0321. The molecule has 2 aromatic heterocycles. The zero-order valence-electron chi connectivity index (χ0n) is 28.1. The zero-order valence-corrected chi connectivity index (χ0v) is 29.6. The topological polar surface area (TPSA) is 148 Å². The summed E-state index contributed by atoms with van der Waals surface area (Å²) in [5.74, 6) is 1.12. The molecule has 0 aliphatic carbocycles. The predicted octanol–water partition coefficient (Wildman–Crippen LogP) is 7.41. The standard InChI is InChI=1S/C38H43ClFN7O2S/c1-23-6-2-3-11-34(23)49-22-27(41)8-4-7-24-18-30(35(40)31(39)19-24)33-20-26-21-47(38(48)46-36(26)45-33)29-14-12-25(13-15-29)32-10-5-9-28(44-32)16-17-50-37(42)43/h2-3,6,11-15,18-21,27-28,32,44H,4-5,7-10,16-17,22,41H2,1H3,(H3,42,43)(H,45,46,48)/t27-,28+,32+/m1/s1. The normalized spacial score (nSPS) is 16.8. The highest BCUT2D eigenvalue weighted by Gasteiger charge is 2.22. The van der Waals surface area contributed by atoms with Crippen LogP contribution >= 0.6 is 23.4 Å². The molecule has 3 heterocycles. The largest absolute Gasteiger partial charge is 0.492 e. The third-order valence-corrected chi connectivity index (χ3v) is 10.3. The molecule has 9 nitrogen and oxygen atoms in total. The first-order valence-corrected chi connectivity index (χ1v) is 18.4. The molecule has 12 heteroatoms. The molecule has 262 valence electrons. The van der Waals surface area contributed by atoms with Crippen molar-refractivity contribution in [2.45, 2.75) is 70.0 Å². The first-order valence-electron chi connectivity index (χ1n) is 17.0. The third kappa shape index (κ3) is 8.76. The van der Waals surface area contributed by atoms with Gasteiger partial charge in [0.15, 0.2) is 11.0 Å². The number of H-pyrrole nitrogens is 1. The number of nitrogens with one attached hydrogen (secondary N) is 3. The van der Waals surface area contributed by atoms with Gasteiger partial charge >= 0.3 is 5.69 Å². The van der Waals surface area contributed by atoms with Crippen molar-refractivity contribution in [1.82, 2.24) is 19.9 Å². The Hall–Kier alpha value is -4.16. The number of aromatic amines is 1. The van der Waals surface area contributed by atoms with Crippen molar-refractivity contribution in [3.8, 4) is 22.7 Å². The summed E-state index contributed by atoms with van der Waals surface area (Å²) in [6, 6.07) is 21.5. The number of thioether (sulfide) groups is 1. The van der Waals surface area contributed by atoms with E-state index in [1.165, 1.54) is 16.3 Å². The van der Waals surface area contributed by atoms with Gasteiger partial charge in [0.05, 0.1) is 16.4 Å². The number of fused-ring (bicyclic) bond motifs is 1. The molecule has 5 aromatic rings. The second-order valence-electron chi connectivity index (χ2n) is 13.0. The summed E-state index contributed by atoms with van der Waals surface area (Å²) in [4.78, 5) is 20.5. The van der Waals surface area contributed by atoms with Crippen molar-refractivity contribution >= 4 is 39.6 Å². The Labute approximate surface area is 300 Å². The number of hydrogen-bond donors (Lipinski definition) is 5. The van der Waals surface area contributed by atoms with Crippen LogP contribution in [0.2, 0.25) is 5.02 Å². The predicted molar refractivity (Wildman–Crippen MR) is 202 cm³/mol. The highest BCUT2D eigenvalue weighted by Crippen LogP contribution is 2.32. The summed E-state index contributed by atoms with van der Waals surface area (Å²) in [7, 11) is 0. The number of amidine groups is 1. The van der Waals surface area contributed by atoms with Crippen molar-refractivity contribution < 1.29 is 9.13 Å². The smallest absolute Gasteiger partial charge is 0.354 e. The van der Waals surface area contributed by atoms with E-state index in [4.69, 9.17) is 33.2 Å². The molecule has 3 aromatic carbocycles. The van der Waals surface area contributed by atoms with Gasteiger partial charge in [-0.15, -0.1) is 0 Å². The number of benzene rings is 3. The molecule has 0 spiro atoms. The number of piperidine rings is 1. The first kappa shape index (κ1) is 35.7. The summed E-state index contributed by atoms with van der Waals surface area (Å²) >= 11 is 7.74. The van der Waals surface area contributed by atoms with Crippen molar-refractivity contribution in [1.29, 1.82) is 5.41 Å². The Bertz CT molecular complexity index is 2020. The van der Waals surface area contributed by atoms with Gasteiger partial charge in [0, 0.05) is 41.0 Å². The second kappa shape index (κ2) is 16.2. The fourth-order valence-electron chi connectivity index (χ4n) is 6.57. The minimum Gasteiger partial charge on any atom is -0.492 e. The van der Waals surface area contributed by atoms with Crippen molar-refractivity contribution in [2.75, 3.05) is 12.4 Å². The monoisotopic (exact) mass is 715 g/mol. The molecule has 1 saturated heterocycles. The molecule has 0 unspecified atom stereocenters. The van der Waals surface area contributed by atoms with Crippen LogP contribution in [0.15, 0.2) is 77.7 Å². The van der Waals surface area contributed by atoms with Crippen LogP contribution < -0.4 is 27.2 Å². The summed E-state index contributed by atoms with van der Waals surface area (Å²) < 4.78 is 22.8. The summed E-state index contributed by atoms with van der Waals surface area (Å²) in [6.45, 7) is 2.41. The number of halogens is 2. The molecule has 50 heavy (non-hydrogen) atoms. The van der Waals surface area contributed by atoms with E-state index >= 15 is 4.39 Å². The SMILES string of the molecule is Cc1ccccc1OC[C@H](N)CCCc1cc(Cl)c(F)c(-c2cc3cn(-c4ccc([C@@H]5CCC[C@@H](CCSC(=N)N)N5)cc4)c(=O)nc3[nH]2)c1. The fourth-order valence-corrected chi connectivity index (χ4v) is 7.43. The van der Waals surface area contributed by atoms with Gasteiger partial charge in [0.2, 0.25) is 0 Å². The van der Waals surface area contributed by atoms with Crippen LogP contribution in [0.3, 0.4) is 0 Å². The number of nitrogens with zero attached hydrogens (tertiary/aromatic N) is 2. The molecule has 0 amide bonds. The van der Waals surface area contributed by atoms with E-state index in [0.29, 0.717) is 47.0 Å². The molecule has 1 aliphatic heterocycles. The van der Waals surface area contributed by atoms with E-state index in [9.17, 15) is 4.79 Å². The van der Waals surface area contributed by atoms with Gasteiger partial charge in [0.25, 0.3) is 0 Å². The van der Waals surface area contributed by atoms with Crippen LogP contribution in [-0.4, -0.2) is 44.1 Å². The lowest BCUT2D eigenvalue weighted by molar-refractivity contribution is 0.278. The number of nitrogens with two attached hydrogens (primary N) is 2. The van der Waals surface area contributed by atoms with Crippen molar-refractivity contribution in [2.24, 2.45) is 11.5 Å². The summed E-state index contributed by atoms with van der Waals surface area (Å²) in [5, 5.41) is 12.0. The molecular formula is C38H43ClFN7O2S. The second-order valence-corrected chi connectivity index (χ2v) is 14.5. The number of ether oxygens (including phenoxy) is 1. The Balaban J connectivity index is 1.12. The van der Waals surface area contributed by atoms with Crippen LogP contribution in [0.25, 0.3) is 28.0 Å². The lowest BCUT2D eigenvalue weighted by atomic mass is 9.92. The van der Waals surface area contributed by atoms with Crippen LogP contribution in [0, 0.1) is 18.2 Å². The van der Waals surface area contributed by atoms with Gasteiger partial charge in [-0.3, -0.25) is 9.98 Å². The Morgan fingerprint density at radius 2 is 1.98 bits per heavy atom. The number of rotatable bonds is 13. The lowest BCUT2D eigenvalue weighted by Crippen LogP contribution is -2.37. The molecule has 1 fully saturated rings. The van der Waals surface area contributed by atoms with E-state index in [0.717, 1.165) is 66.7 Å². The van der Waals surface area contributed by atoms with Crippen molar-refractivity contribution in [3.05, 3.63) is 111 Å². The highest BCUT2D eigenvalue weighted by atomic mass is 35.5. The number of para-hydroxylation sites is 1. The average Bonchev–Trinajstić information content (AvgIpc) is 3.51. The summed E-state index contributed by atoms with van der Waals surface area (Å²) in [5.41, 5.74) is 16.4. The minimum atomic E-state index is -0.535. The maximum atomic E-state index is 15.4. The van der Waals surface area contributed by atoms with Gasteiger partial charge in [-0.1, -0.05) is 60.1 Å². The molecule has 0 bridgehead atoms. The van der Waals surface area contributed by atoms with Crippen LogP contribution in [0.1, 0.15) is 61.3 Å². The van der Waals surface area contributed by atoms with Gasteiger partial charge in [-0.2, -0.15) is 4.98 Å². The van der Waals surface area contributed by atoms with Gasteiger partial charge < -0.3 is 26.5 Å². The maximum Gasteiger partial charge on any atom is 0.354 e. The summed E-state index contributed by atoms with van der Waals surface area (Å²) in [6.07, 6.45) is 8.13. The molecule has 0 radical (unpaired) electrons. The van der Waals surface area contributed by atoms with E-state index in [1.54, 1.807) is 24.4 Å². The number of aromatic nitrogens is 3. The van der Waals surface area contributed by atoms with E-state index in [-0.39, 0.29) is 22.3 Å². The molecule has 7 N–H and O–H groups in total. The quantitative estimate of drug-likeness (QED) is 0.0630. The lowest BCUT2D eigenvalue weighted by Gasteiger charge is -2.31. The zero-order chi connectivity index (χ0) is 35.2. The van der Waals surface area contributed by atoms with Gasteiger partial charge in [-0.05, 0) is 98.5 Å². The third-order valence-electron chi connectivity index (χ3n) is 9.25. The van der Waals surface area contributed by atoms with Crippen molar-refractivity contribution in [3.63, 3.8) is 0 Å². The Kier molecular flexibility index (Phi) is 11.6. The number of hydrogen-bond acceptors (Lipinski definition) is 7. The fraction of sp³-hybridized carbons (Fsp3) is 0.342. The highest BCUT2D eigenvalue weighted by molar-refractivity contribution is 8.13. The molecule has 3 atom stereocenters. The van der Waals surface area contributed by atoms with Crippen LogP contribution in [0.5, 0.6) is 5.75 Å². The van der Waals surface area contributed by atoms with Crippen LogP contribution in [-0.2, 0) is 6.42 Å². The maximum absolute atomic E-state index is 15.4. The molecule has 6 rings (SSSR count). The Morgan fingerprint density at radius 1 is 1.18 bits per heavy atom. The Morgan fingerprint density at radius 3 is 2.76 bits per heavy atom. The van der Waals surface area contributed by atoms with Crippen LogP contribution in [0.4, 0.5) is 4.39 Å². The van der Waals surface area contributed by atoms with E-state index in [2.05, 4.69) is 15.3 Å². The number of aryl methyl sites for hydroxylation is 2. The first-order chi connectivity index (χ1) is 24.1. The molecule has 1 aliphatic rings. The molecular weight excluding hydrogens is 673 g/mol. The van der Waals surface area contributed by atoms with Gasteiger partial charge in [0.1, 0.15) is 18.0 Å². The molecule has 0 saturated carbocycles. The van der Waals surface area contributed by atoms with Gasteiger partial charge in [-0.25, -0.2) is 9.18 Å². The van der Waals surface area contributed by atoms with E-state index in [1.807, 2.05) is 55.5 Å².